The van der Waals surface area contributed by atoms with Crippen LogP contribution in [-0.4, -0.2) is 53.9 Å². The first kappa shape index (κ1) is 15.4. The van der Waals surface area contributed by atoms with Crippen molar-refractivity contribution in [3.63, 3.8) is 0 Å². The van der Waals surface area contributed by atoms with Crippen molar-refractivity contribution < 1.29 is 18.8 Å². The number of nitrogens with zero attached hydrogens (tertiary/aromatic N) is 3. The lowest BCUT2D eigenvalue weighted by Gasteiger charge is -2.32. The molecule has 1 saturated heterocycles. The van der Waals surface area contributed by atoms with Gasteiger partial charge in [0.05, 0.1) is 19.1 Å². The molecule has 0 aromatic carbocycles. The molecule has 0 radical (unpaired) electrons. The average molecular weight is 309 g/mol. The highest BCUT2D eigenvalue weighted by molar-refractivity contribution is 5.76. The smallest absolute Gasteiger partial charge is 0.229 e. The number of aromatic nitrogens is 2. The number of amides is 1. The summed E-state index contributed by atoms with van der Waals surface area (Å²) in [6.07, 6.45) is 4.68. The summed E-state index contributed by atoms with van der Waals surface area (Å²) in [7, 11) is 1.61. The Morgan fingerprint density at radius 2 is 2.27 bits per heavy atom. The number of methoxy groups -OCH3 is 1. The molecule has 2 fully saturated rings. The Kier molecular flexibility index (Phi) is 5.04. The molecule has 0 spiro atoms. The second-order valence-corrected chi connectivity index (χ2v) is 5.98. The van der Waals surface area contributed by atoms with E-state index in [-0.39, 0.29) is 12.0 Å². The second-order valence-electron chi connectivity index (χ2n) is 5.98. The quantitative estimate of drug-likeness (QED) is 0.759. The van der Waals surface area contributed by atoms with E-state index in [0.717, 1.165) is 38.1 Å². The van der Waals surface area contributed by atoms with Gasteiger partial charge in [-0.05, 0) is 25.7 Å². The molecule has 1 aliphatic carbocycles. The SMILES string of the molecule is COCCC(=O)N1CCCC(OCc2noc(C3CC3)n2)C1. The molecule has 3 rings (SSSR count). The number of ether oxygens (including phenoxy) is 2. The molecule has 122 valence electrons. The number of piperidine rings is 1. The zero-order valence-electron chi connectivity index (χ0n) is 13.0. The molecule has 1 aromatic heterocycles. The summed E-state index contributed by atoms with van der Waals surface area (Å²) in [4.78, 5) is 18.2. The summed E-state index contributed by atoms with van der Waals surface area (Å²) in [5.41, 5.74) is 0. The normalized spacial score (nSPS) is 22.0. The van der Waals surface area contributed by atoms with Crippen LogP contribution in [0.3, 0.4) is 0 Å². The van der Waals surface area contributed by atoms with Crippen LogP contribution in [0, 0.1) is 0 Å². The monoisotopic (exact) mass is 309 g/mol. The number of hydrogen-bond donors (Lipinski definition) is 0. The summed E-state index contributed by atoms with van der Waals surface area (Å²) >= 11 is 0. The van der Waals surface area contributed by atoms with E-state index in [1.807, 2.05) is 4.90 Å². The molecule has 2 heterocycles. The summed E-state index contributed by atoms with van der Waals surface area (Å²) < 4.78 is 16.0. The maximum Gasteiger partial charge on any atom is 0.229 e. The van der Waals surface area contributed by atoms with Crippen molar-refractivity contribution in [1.29, 1.82) is 0 Å². The van der Waals surface area contributed by atoms with Crippen molar-refractivity contribution >= 4 is 5.91 Å². The largest absolute Gasteiger partial charge is 0.384 e. The van der Waals surface area contributed by atoms with Gasteiger partial charge in [-0.2, -0.15) is 4.98 Å². The average Bonchev–Trinajstić information content (AvgIpc) is 3.29. The van der Waals surface area contributed by atoms with Gasteiger partial charge in [0.2, 0.25) is 11.8 Å². The van der Waals surface area contributed by atoms with E-state index in [2.05, 4.69) is 10.1 Å². The number of carbonyl (C=O) groups excluding carboxylic acids is 1. The van der Waals surface area contributed by atoms with Crippen LogP contribution in [-0.2, 0) is 20.9 Å². The van der Waals surface area contributed by atoms with Gasteiger partial charge in [0.1, 0.15) is 6.61 Å². The molecule has 7 nitrogen and oxygen atoms in total. The zero-order valence-corrected chi connectivity index (χ0v) is 13.0. The zero-order chi connectivity index (χ0) is 15.4. The molecule has 1 unspecified atom stereocenters. The molecule has 22 heavy (non-hydrogen) atoms. The lowest BCUT2D eigenvalue weighted by molar-refractivity contribution is -0.136. The van der Waals surface area contributed by atoms with Gasteiger partial charge < -0.3 is 18.9 Å². The van der Waals surface area contributed by atoms with Gasteiger partial charge in [-0.25, -0.2) is 0 Å². The Hall–Kier alpha value is -1.47. The van der Waals surface area contributed by atoms with Crippen molar-refractivity contribution in [3.05, 3.63) is 11.7 Å². The van der Waals surface area contributed by atoms with E-state index in [1.165, 1.54) is 0 Å². The molecule has 1 atom stereocenters. The third kappa shape index (κ3) is 4.04. The molecule has 1 aromatic rings. The fraction of sp³-hybridized carbons (Fsp3) is 0.800. The molecular formula is C15H23N3O4. The third-order valence-electron chi connectivity index (χ3n) is 4.11. The predicted octanol–water partition coefficient (Wildman–Crippen LogP) is 1.49. The van der Waals surface area contributed by atoms with E-state index >= 15 is 0 Å². The van der Waals surface area contributed by atoms with Crippen LogP contribution in [0.15, 0.2) is 4.52 Å². The van der Waals surface area contributed by atoms with Crippen molar-refractivity contribution in [1.82, 2.24) is 15.0 Å². The Labute approximate surface area is 129 Å². The number of hydrogen-bond acceptors (Lipinski definition) is 6. The highest BCUT2D eigenvalue weighted by atomic mass is 16.5. The highest BCUT2D eigenvalue weighted by Crippen LogP contribution is 2.38. The van der Waals surface area contributed by atoms with Gasteiger partial charge in [-0.3, -0.25) is 4.79 Å². The fourth-order valence-electron chi connectivity index (χ4n) is 2.66. The van der Waals surface area contributed by atoms with Crippen LogP contribution in [0.25, 0.3) is 0 Å². The van der Waals surface area contributed by atoms with Gasteiger partial charge in [-0.15, -0.1) is 0 Å². The van der Waals surface area contributed by atoms with Crippen LogP contribution >= 0.6 is 0 Å². The lowest BCUT2D eigenvalue weighted by atomic mass is 10.1. The number of carbonyl (C=O) groups is 1. The molecule has 0 bridgehead atoms. The van der Waals surface area contributed by atoms with Crippen LogP contribution < -0.4 is 0 Å². The Balaban J connectivity index is 1.44. The minimum atomic E-state index is 0.0446. The van der Waals surface area contributed by atoms with Gasteiger partial charge in [0.15, 0.2) is 5.82 Å². The minimum absolute atomic E-state index is 0.0446. The molecule has 1 amide bonds. The summed E-state index contributed by atoms with van der Waals surface area (Å²) in [5.74, 6) is 1.93. The lowest BCUT2D eigenvalue weighted by Crippen LogP contribution is -2.43. The van der Waals surface area contributed by atoms with E-state index < -0.39 is 0 Å². The number of rotatable bonds is 7. The van der Waals surface area contributed by atoms with Crippen molar-refractivity contribution in [2.75, 3.05) is 26.8 Å². The van der Waals surface area contributed by atoms with Gasteiger partial charge >= 0.3 is 0 Å². The van der Waals surface area contributed by atoms with Crippen LogP contribution in [0.4, 0.5) is 0 Å². The van der Waals surface area contributed by atoms with Gasteiger partial charge in [-0.1, -0.05) is 5.16 Å². The van der Waals surface area contributed by atoms with Crippen LogP contribution in [0.1, 0.15) is 49.7 Å². The van der Waals surface area contributed by atoms with Gasteiger partial charge in [0.25, 0.3) is 0 Å². The molecule has 1 aliphatic heterocycles. The second kappa shape index (κ2) is 7.19. The fourth-order valence-corrected chi connectivity index (χ4v) is 2.66. The molecule has 1 saturated carbocycles. The third-order valence-corrected chi connectivity index (χ3v) is 4.11. The molecule has 7 heteroatoms. The van der Waals surface area contributed by atoms with Crippen LogP contribution in [0.5, 0.6) is 0 Å². The topological polar surface area (TPSA) is 77.7 Å². The molecular weight excluding hydrogens is 286 g/mol. The maximum absolute atomic E-state index is 12.0. The summed E-state index contributed by atoms with van der Waals surface area (Å²) in [6, 6.07) is 0. The van der Waals surface area contributed by atoms with Crippen molar-refractivity contribution in [2.24, 2.45) is 0 Å². The first-order valence-corrected chi connectivity index (χ1v) is 7.97. The van der Waals surface area contributed by atoms with Crippen molar-refractivity contribution in [2.45, 2.75) is 50.7 Å². The minimum Gasteiger partial charge on any atom is -0.384 e. The van der Waals surface area contributed by atoms with E-state index in [0.29, 0.717) is 37.9 Å². The molecule has 2 aliphatic rings. The van der Waals surface area contributed by atoms with E-state index in [9.17, 15) is 4.79 Å². The molecule has 0 N–H and O–H groups in total. The standard InChI is InChI=1S/C15H23N3O4/c1-20-8-6-14(19)18-7-2-3-12(9-18)21-10-13-16-15(22-17-13)11-4-5-11/h11-12H,2-10H2,1H3. The first-order valence-electron chi connectivity index (χ1n) is 7.97. The number of likely N-dealkylation sites (tertiary alicyclic amines) is 1. The maximum atomic E-state index is 12.0. The first-order chi connectivity index (χ1) is 10.8. The predicted molar refractivity (Wildman–Crippen MR) is 77.2 cm³/mol. The van der Waals surface area contributed by atoms with Crippen LogP contribution in [0.2, 0.25) is 0 Å². The van der Waals surface area contributed by atoms with Gasteiger partial charge in [0, 0.05) is 26.1 Å². The Morgan fingerprint density at radius 3 is 3.05 bits per heavy atom. The highest BCUT2D eigenvalue weighted by Gasteiger charge is 2.30. The van der Waals surface area contributed by atoms with Crippen molar-refractivity contribution in [3.8, 4) is 0 Å². The Bertz CT molecular complexity index is 501. The van der Waals surface area contributed by atoms with E-state index in [4.69, 9.17) is 14.0 Å². The summed E-state index contributed by atoms with van der Waals surface area (Å²) in [6.45, 7) is 2.25. The van der Waals surface area contributed by atoms with E-state index in [1.54, 1.807) is 7.11 Å². The summed E-state index contributed by atoms with van der Waals surface area (Å²) in [5, 5.41) is 3.95. The Morgan fingerprint density at radius 1 is 1.41 bits per heavy atom.